The number of pyridine rings is 1. The number of hydrogen-bond donors (Lipinski definition) is 1. The molecule has 2 bridgehead atoms. The minimum atomic E-state index is -1.17. The number of nitrogens with one attached hydrogen (secondary N) is 1. The highest BCUT2D eigenvalue weighted by atomic mass is 16.6. The third kappa shape index (κ3) is 7.65. The summed E-state index contributed by atoms with van der Waals surface area (Å²) < 4.78 is 37.9. The molecular formula is C42H52N2O11. The largest absolute Gasteiger partial charge is 0.462 e. The maximum absolute atomic E-state index is 14.1. The van der Waals surface area contributed by atoms with E-state index in [1.165, 1.54) is 27.0 Å². The molecule has 4 aliphatic rings. The molecule has 1 N–H and O–H groups in total. The van der Waals surface area contributed by atoms with Crippen LogP contribution in [0.1, 0.15) is 96.1 Å². The Morgan fingerprint density at radius 2 is 1.58 bits per heavy atom. The summed E-state index contributed by atoms with van der Waals surface area (Å²) in [7, 11) is 1.78. The predicted octanol–water partition coefficient (Wildman–Crippen LogP) is 5.23. The van der Waals surface area contributed by atoms with Gasteiger partial charge in [-0.25, -0.2) is 4.79 Å². The summed E-state index contributed by atoms with van der Waals surface area (Å²) in [6.07, 6.45) is -0.854. The lowest BCUT2D eigenvalue weighted by atomic mass is 9.48. The number of carbonyl (C=O) groups excluding carboxylic acids is 5. The molecule has 10 atom stereocenters. The maximum Gasteiger partial charge on any atom is 0.340 e. The standard InChI is InChI=1S/C42H52N2O11/c1-23-31(51-24(2)45)19-29-35(52-25(3)46)37-41(7,17-16-32(42(37)22-50-42)54-33(48)20-30(43-8)27-13-10-9-11-14-27)38(55-39(49)28-15-12-18-44-21-28)36(53-26(4)47)34(23)40(29,5)6/h9-15,18,21,29-32,35-38,43H,16-17,19-20,22H2,1-8H3/t29-,30+,31-,32-,35+,36+,37-,38-,41+,42-/m0/s1. The quantitative estimate of drug-likeness (QED) is 0.145. The number of hydrogen-bond acceptors (Lipinski definition) is 13. The van der Waals surface area contributed by atoms with Gasteiger partial charge in [-0.15, -0.1) is 0 Å². The van der Waals surface area contributed by atoms with E-state index in [-0.39, 0.29) is 31.1 Å². The first-order chi connectivity index (χ1) is 26.0. The summed E-state index contributed by atoms with van der Waals surface area (Å²) in [5.74, 6) is -4.07. The molecule has 0 unspecified atom stereocenters. The van der Waals surface area contributed by atoms with Crippen LogP contribution in [0, 0.1) is 22.7 Å². The maximum atomic E-state index is 14.1. The smallest absolute Gasteiger partial charge is 0.340 e. The SMILES string of the molecule is CN[C@H](CC(=O)O[C@H]1CC[C@@]2(C)[C@@H](OC(=O)c3cccnc3)[C@H](OC(C)=O)C3=C(C)[C@@H](OC(C)=O)C[C@@H]([C@@H](OC(C)=O)[C@@H]2[C@]12CO2)C3(C)C)c1ccccc1. The van der Waals surface area contributed by atoms with E-state index in [1.54, 1.807) is 25.4 Å². The summed E-state index contributed by atoms with van der Waals surface area (Å²) in [6.45, 7) is 11.8. The summed E-state index contributed by atoms with van der Waals surface area (Å²) in [5, 5.41) is 3.21. The third-order valence-electron chi connectivity index (χ3n) is 12.4. The van der Waals surface area contributed by atoms with Crippen molar-refractivity contribution in [1.29, 1.82) is 0 Å². The number of carbonyl (C=O) groups is 5. The van der Waals surface area contributed by atoms with Gasteiger partial charge in [-0.1, -0.05) is 51.1 Å². The first-order valence-corrected chi connectivity index (χ1v) is 18.9. The highest BCUT2D eigenvalue weighted by molar-refractivity contribution is 5.89. The normalized spacial score (nSPS) is 32.5. The zero-order valence-corrected chi connectivity index (χ0v) is 32.8. The monoisotopic (exact) mass is 760 g/mol. The van der Waals surface area contributed by atoms with Crippen molar-refractivity contribution < 1.29 is 52.4 Å². The van der Waals surface area contributed by atoms with Crippen molar-refractivity contribution in [2.24, 2.45) is 22.7 Å². The van der Waals surface area contributed by atoms with Crippen LogP contribution < -0.4 is 5.32 Å². The Kier molecular flexibility index (Phi) is 11.3. The molecule has 0 amide bonds. The molecule has 3 fully saturated rings. The van der Waals surface area contributed by atoms with Gasteiger partial charge in [0.1, 0.15) is 30.0 Å². The second kappa shape index (κ2) is 15.5. The van der Waals surface area contributed by atoms with Crippen molar-refractivity contribution in [3.8, 4) is 0 Å². The van der Waals surface area contributed by atoms with E-state index in [0.717, 1.165) is 5.56 Å². The van der Waals surface area contributed by atoms with Gasteiger partial charge < -0.3 is 33.7 Å². The predicted molar refractivity (Wildman–Crippen MR) is 197 cm³/mol. The molecule has 1 aromatic heterocycles. The molecular weight excluding hydrogens is 708 g/mol. The van der Waals surface area contributed by atoms with E-state index >= 15 is 0 Å². The zero-order valence-electron chi connectivity index (χ0n) is 32.8. The summed E-state index contributed by atoms with van der Waals surface area (Å²) >= 11 is 0. The van der Waals surface area contributed by atoms with E-state index in [1.807, 2.05) is 58.0 Å². The lowest BCUT2D eigenvalue weighted by Gasteiger charge is -2.61. The molecule has 1 aliphatic heterocycles. The van der Waals surface area contributed by atoms with Gasteiger partial charge in [-0.2, -0.15) is 0 Å². The third-order valence-corrected chi connectivity index (χ3v) is 12.4. The number of epoxide rings is 1. The van der Waals surface area contributed by atoms with Crippen LogP contribution >= 0.6 is 0 Å². The molecule has 1 aromatic carbocycles. The summed E-state index contributed by atoms with van der Waals surface area (Å²) in [4.78, 5) is 70.9. The van der Waals surface area contributed by atoms with Crippen LogP contribution in [-0.4, -0.2) is 84.6 Å². The van der Waals surface area contributed by atoms with Gasteiger partial charge in [0.15, 0.2) is 6.10 Å². The van der Waals surface area contributed by atoms with Gasteiger partial charge in [0.2, 0.25) is 0 Å². The molecule has 1 saturated heterocycles. The van der Waals surface area contributed by atoms with E-state index in [4.69, 9.17) is 28.4 Å². The van der Waals surface area contributed by atoms with Crippen molar-refractivity contribution in [3.63, 3.8) is 0 Å². The number of ether oxygens (including phenoxy) is 6. The average molecular weight is 761 g/mol. The Hall–Kier alpha value is -4.62. The molecule has 2 aromatic rings. The summed E-state index contributed by atoms with van der Waals surface area (Å²) in [5.41, 5.74) is -0.743. The van der Waals surface area contributed by atoms with Gasteiger partial charge in [0.25, 0.3) is 0 Å². The molecule has 2 saturated carbocycles. The Bertz CT molecular complexity index is 1820. The Labute approximate surface area is 321 Å². The van der Waals surface area contributed by atoms with Gasteiger partial charge in [0, 0.05) is 56.5 Å². The number of rotatable bonds is 10. The second-order valence-corrected chi connectivity index (χ2v) is 16.1. The van der Waals surface area contributed by atoms with Gasteiger partial charge in [-0.3, -0.25) is 24.2 Å². The van der Waals surface area contributed by atoms with Crippen LogP contribution in [-0.2, 0) is 47.6 Å². The fraction of sp³-hybridized carbons (Fsp3) is 0.571. The molecule has 296 valence electrons. The van der Waals surface area contributed by atoms with Crippen molar-refractivity contribution in [3.05, 3.63) is 77.1 Å². The van der Waals surface area contributed by atoms with Crippen molar-refractivity contribution >= 4 is 29.8 Å². The topological polar surface area (TPSA) is 169 Å². The molecule has 1 spiro atoms. The first kappa shape index (κ1) is 40.1. The average Bonchev–Trinajstić information content (AvgIpc) is 3.91. The van der Waals surface area contributed by atoms with Crippen LogP contribution in [0.4, 0.5) is 0 Å². The molecule has 55 heavy (non-hydrogen) atoms. The van der Waals surface area contributed by atoms with Crippen molar-refractivity contribution in [2.75, 3.05) is 13.7 Å². The fourth-order valence-corrected chi connectivity index (χ4v) is 9.92. The van der Waals surface area contributed by atoms with Crippen molar-refractivity contribution in [1.82, 2.24) is 10.3 Å². The molecule has 0 radical (unpaired) electrons. The molecule has 13 nitrogen and oxygen atoms in total. The number of benzene rings is 1. The van der Waals surface area contributed by atoms with Gasteiger partial charge in [-0.05, 0) is 67.5 Å². The minimum Gasteiger partial charge on any atom is -0.462 e. The lowest BCUT2D eigenvalue weighted by Crippen LogP contribution is -2.68. The Balaban J connectivity index is 1.51. The van der Waals surface area contributed by atoms with Gasteiger partial charge in [0.05, 0.1) is 18.6 Å². The highest BCUT2D eigenvalue weighted by Crippen LogP contribution is 2.65. The van der Waals surface area contributed by atoms with Crippen LogP contribution in [0.3, 0.4) is 0 Å². The first-order valence-electron chi connectivity index (χ1n) is 18.9. The van der Waals surface area contributed by atoms with Crippen LogP contribution in [0.2, 0.25) is 0 Å². The minimum absolute atomic E-state index is 0.0510. The highest BCUT2D eigenvalue weighted by Gasteiger charge is 2.75. The van der Waals surface area contributed by atoms with E-state index in [2.05, 4.69) is 10.3 Å². The van der Waals surface area contributed by atoms with Crippen molar-refractivity contribution in [2.45, 2.75) is 116 Å². The zero-order chi connectivity index (χ0) is 39.9. The number of nitrogens with zero attached hydrogens (tertiary/aromatic N) is 1. The Morgan fingerprint density at radius 3 is 2.16 bits per heavy atom. The number of aromatic nitrogens is 1. The van der Waals surface area contributed by atoms with Crippen LogP contribution in [0.25, 0.3) is 0 Å². The Morgan fingerprint density at radius 1 is 0.909 bits per heavy atom. The number of fused-ring (bicyclic) bond motifs is 4. The fourth-order valence-electron chi connectivity index (χ4n) is 9.92. The second-order valence-electron chi connectivity index (χ2n) is 16.1. The van der Waals surface area contributed by atoms with E-state index < -0.39 is 88.6 Å². The summed E-state index contributed by atoms with van der Waals surface area (Å²) in [6, 6.07) is 12.5. The molecule has 2 heterocycles. The molecule has 13 heteroatoms. The van der Waals surface area contributed by atoms with Crippen LogP contribution in [0.15, 0.2) is 66.0 Å². The van der Waals surface area contributed by atoms with Gasteiger partial charge >= 0.3 is 29.8 Å². The van der Waals surface area contributed by atoms with E-state index in [9.17, 15) is 24.0 Å². The molecule has 6 rings (SSSR count). The van der Waals surface area contributed by atoms with Crippen LogP contribution in [0.5, 0.6) is 0 Å². The molecule has 3 aliphatic carbocycles. The van der Waals surface area contributed by atoms with E-state index in [0.29, 0.717) is 24.0 Å². The number of esters is 5. The lowest BCUT2D eigenvalue weighted by molar-refractivity contribution is -0.223.